The van der Waals surface area contributed by atoms with Crippen LogP contribution in [0.3, 0.4) is 0 Å². The zero-order valence-corrected chi connectivity index (χ0v) is 14.1. The highest BCUT2D eigenvalue weighted by Crippen LogP contribution is 2.26. The second-order valence-electron chi connectivity index (χ2n) is 6.11. The van der Waals surface area contributed by atoms with E-state index in [4.69, 9.17) is 4.74 Å². The lowest BCUT2D eigenvalue weighted by Crippen LogP contribution is -2.05. The lowest BCUT2D eigenvalue weighted by Gasteiger charge is -2.10. The maximum atomic E-state index is 5.70. The van der Waals surface area contributed by atoms with E-state index in [-0.39, 0.29) is 6.10 Å². The molecule has 3 aromatic heterocycles. The van der Waals surface area contributed by atoms with Crippen molar-refractivity contribution >= 4 is 5.65 Å². The van der Waals surface area contributed by atoms with Gasteiger partial charge in [-0.3, -0.25) is 4.40 Å². The van der Waals surface area contributed by atoms with E-state index in [0.29, 0.717) is 0 Å². The largest absolute Gasteiger partial charge is 0.491 e. The molecule has 0 amide bonds. The Balaban J connectivity index is 1.68. The number of ether oxygens (including phenoxy) is 1. The van der Waals surface area contributed by atoms with Crippen molar-refractivity contribution in [1.29, 1.82) is 0 Å². The van der Waals surface area contributed by atoms with Crippen molar-refractivity contribution in [2.24, 2.45) is 0 Å². The van der Waals surface area contributed by atoms with Crippen LogP contribution in [0, 0.1) is 0 Å². The summed E-state index contributed by atoms with van der Waals surface area (Å²) >= 11 is 0. The topological polar surface area (TPSA) is 52.3 Å². The second kappa shape index (κ2) is 6.36. The fourth-order valence-corrected chi connectivity index (χ4v) is 2.81. The molecule has 25 heavy (non-hydrogen) atoms. The summed E-state index contributed by atoms with van der Waals surface area (Å²) in [5, 5.41) is 7.76. The molecule has 0 saturated carbocycles. The second-order valence-corrected chi connectivity index (χ2v) is 6.11. The average molecular weight is 330 g/mol. The van der Waals surface area contributed by atoms with Gasteiger partial charge in [-0.05, 0) is 55.3 Å². The molecule has 124 valence electrons. The number of imidazole rings is 1. The van der Waals surface area contributed by atoms with E-state index in [1.807, 2.05) is 44.4 Å². The molecular weight excluding hydrogens is 312 g/mol. The van der Waals surface area contributed by atoms with Crippen molar-refractivity contribution in [3.63, 3.8) is 0 Å². The first-order valence-electron chi connectivity index (χ1n) is 8.22. The number of pyridine rings is 1. The Kier molecular flexibility index (Phi) is 3.90. The van der Waals surface area contributed by atoms with Gasteiger partial charge in [-0.15, -0.1) is 0 Å². The van der Waals surface area contributed by atoms with Crippen LogP contribution in [0.4, 0.5) is 0 Å². The molecule has 0 bridgehead atoms. The van der Waals surface area contributed by atoms with Crippen molar-refractivity contribution in [3.8, 4) is 28.1 Å². The Morgan fingerprint density at radius 3 is 2.44 bits per heavy atom. The summed E-state index contributed by atoms with van der Waals surface area (Å²) in [5.74, 6) is 0.883. The maximum Gasteiger partial charge on any atom is 0.137 e. The minimum absolute atomic E-state index is 0.174. The van der Waals surface area contributed by atoms with Gasteiger partial charge in [-0.1, -0.05) is 12.1 Å². The highest BCUT2D eigenvalue weighted by Gasteiger charge is 2.08. The van der Waals surface area contributed by atoms with E-state index in [9.17, 15) is 0 Å². The van der Waals surface area contributed by atoms with Crippen LogP contribution in [0.15, 0.2) is 67.3 Å². The van der Waals surface area contributed by atoms with Gasteiger partial charge in [0.25, 0.3) is 0 Å². The molecule has 0 aliphatic heterocycles. The Hall–Kier alpha value is -3.21. The Morgan fingerprint density at radius 2 is 1.72 bits per heavy atom. The smallest absolute Gasteiger partial charge is 0.137 e. The Labute approximate surface area is 145 Å². The third-order valence-corrected chi connectivity index (χ3v) is 3.95. The van der Waals surface area contributed by atoms with E-state index < -0.39 is 0 Å². The first-order chi connectivity index (χ1) is 12.2. The van der Waals surface area contributed by atoms with Crippen LogP contribution in [0.2, 0.25) is 0 Å². The summed E-state index contributed by atoms with van der Waals surface area (Å²) in [6, 6.07) is 14.2. The van der Waals surface area contributed by atoms with E-state index in [0.717, 1.165) is 33.8 Å². The average Bonchev–Trinajstić information content (AvgIpc) is 3.06. The van der Waals surface area contributed by atoms with Gasteiger partial charge in [0.15, 0.2) is 0 Å². The van der Waals surface area contributed by atoms with Gasteiger partial charge < -0.3 is 4.74 Å². The van der Waals surface area contributed by atoms with Crippen LogP contribution < -0.4 is 4.74 Å². The van der Waals surface area contributed by atoms with Crippen molar-refractivity contribution in [2.75, 3.05) is 0 Å². The Morgan fingerprint density at radius 1 is 0.880 bits per heavy atom. The van der Waals surface area contributed by atoms with Crippen LogP contribution in [-0.2, 0) is 0 Å². The molecule has 4 aromatic rings. The standard InChI is InChI=1S/C20H18N4O/c1-14(2)25-18-5-3-15(4-6-18)16-8-10-24-19(13-21-20(24)11-16)17-7-9-22-23-12-17/h3-14H,1-2H3. The summed E-state index contributed by atoms with van der Waals surface area (Å²) in [4.78, 5) is 4.53. The molecule has 0 unspecified atom stereocenters. The first-order valence-corrected chi connectivity index (χ1v) is 8.22. The molecule has 0 atom stereocenters. The number of fused-ring (bicyclic) bond motifs is 1. The SMILES string of the molecule is CC(C)Oc1ccc(-c2ccn3c(-c4ccnnc4)cnc3c2)cc1. The number of hydrogen-bond donors (Lipinski definition) is 0. The monoisotopic (exact) mass is 330 g/mol. The third kappa shape index (κ3) is 3.08. The van der Waals surface area contributed by atoms with Gasteiger partial charge in [0.2, 0.25) is 0 Å². The molecule has 0 radical (unpaired) electrons. The highest BCUT2D eigenvalue weighted by molar-refractivity contribution is 5.70. The van der Waals surface area contributed by atoms with Crippen LogP contribution in [0.25, 0.3) is 28.0 Å². The molecule has 5 heteroatoms. The van der Waals surface area contributed by atoms with Gasteiger partial charge in [-0.2, -0.15) is 10.2 Å². The predicted octanol–water partition coefficient (Wildman–Crippen LogP) is 4.25. The zero-order valence-electron chi connectivity index (χ0n) is 14.1. The minimum Gasteiger partial charge on any atom is -0.491 e. The van der Waals surface area contributed by atoms with Crippen LogP contribution >= 0.6 is 0 Å². The van der Waals surface area contributed by atoms with Gasteiger partial charge in [0, 0.05) is 11.8 Å². The molecular formula is C20H18N4O. The predicted molar refractivity (Wildman–Crippen MR) is 97.4 cm³/mol. The molecule has 1 aromatic carbocycles. The van der Waals surface area contributed by atoms with Gasteiger partial charge in [0.1, 0.15) is 11.4 Å². The fourth-order valence-electron chi connectivity index (χ4n) is 2.81. The van der Waals surface area contributed by atoms with Crippen LogP contribution in [0.5, 0.6) is 5.75 Å². The molecule has 5 nitrogen and oxygen atoms in total. The van der Waals surface area contributed by atoms with Crippen LogP contribution in [-0.4, -0.2) is 25.7 Å². The van der Waals surface area contributed by atoms with Gasteiger partial charge in [-0.25, -0.2) is 4.98 Å². The first kappa shape index (κ1) is 15.3. The van der Waals surface area contributed by atoms with Crippen molar-refractivity contribution in [2.45, 2.75) is 20.0 Å². The van der Waals surface area contributed by atoms with Crippen molar-refractivity contribution in [1.82, 2.24) is 19.6 Å². The lowest BCUT2D eigenvalue weighted by atomic mass is 10.1. The molecule has 0 aliphatic rings. The summed E-state index contributed by atoms with van der Waals surface area (Å²) in [6.07, 6.45) is 7.49. The minimum atomic E-state index is 0.174. The van der Waals surface area contributed by atoms with Crippen LogP contribution in [0.1, 0.15) is 13.8 Å². The maximum absolute atomic E-state index is 5.70. The molecule has 0 aliphatic carbocycles. The summed E-state index contributed by atoms with van der Waals surface area (Å²) < 4.78 is 7.75. The zero-order chi connectivity index (χ0) is 17.2. The molecule has 3 heterocycles. The van der Waals surface area contributed by atoms with Crippen molar-refractivity contribution < 1.29 is 4.74 Å². The Bertz CT molecular complexity index is 991. The lowest BCUT2D eigenvalue weighted by molar-refractivity contribution is 0.242. The van der Waals surface area contributed by atoms with Crippen molar-refractivity contribution in [3.05, 3.63) is 67.3 Å². The molecule has 0 spiro atoms. The van der Waals surface area contributed by atoms with E-state index in [2.05, 4.69) is 43.8 Å². The molecule has 0 saturated heterocycles. The quantitative estimate of drug-likeness (QED) is 0.561. The highest BCUT2D eigenvalue weighted by atomic mass is 16.5. The third-order valence-electron chi connectivity index (χ3n) is 3.95. The number of rotatable bonds is 4. The molecule has 0 fully saturated rings. The number of benzene rings is 1. The fraction of sp³-hybridized carbons (Fsp3) is 0.150. The summed E-state index contributed by atoms with van der Waals surface area (Å²) in [7, 11) is 0. The summed E-state index contributed by atoms with van der Waals surface area (Å²) in [5.41, 5.74) is 5.14. The van der Waals surface area contributed by atoms with E-state index in [1.54, 1.807) is 12.4 Å². The molecule has 0 N–H and O–H groups in total. The number of hydrogen-bond acceptors (Lipinski definition) is 4. The van der Waals surface area contributed by atoms with E-state index >= 15 is 0 Å². The number of nitrogens with zero attached hydrogens (tertiary/aromatic N) is 4. The summed E-state index contributed by atoms with van der Waals surface area (Å²) in [6.45, 7) is 4.05. The normalized spacial score (nSPS) is 11.2. The number of aromatic nitrogens is 4. The molecule has 4 rings (SSSR count). The van der Waals surface area contributed by atoms with E-state index in [1.165, 1.54) is 0 Å². The van der Waals surface area contributed by atoms with Gasteiger partial charge >= 0.3 is 0 Å². The van der Waals surface area contributed by atoms with Gasteiger partial charge in [0.05, 0.1) is 30.4 Å².